The summed E-state index contributed by atoms with van der Waals surface area (Å²) in [6, 6.07) is 15.3. The van der Waals surface area contributed by atoms with Gasteiger partial charge in [0.25, 0.3) is 0 Å². The molecule has 4 heteroatoms. The van der Waals surface area contributed by atoms with Crippen LogP contribution in [0.15, 0.2) is 42.5 Å². The van der Waals surface area contributed by atoms with E-state index in [0.29, 0.717) is 17.1 Å². The van der Waals surface area contributed by atoms with Crippen LogP contribution in [-0.4, -0.2) is 14.2 Å². The average Bonchev–Trinajstić information content (AvgIpc) is 2.47. The van der Waals surface area contributed by atoms with Crippen LogP contribution in [0.1, 0.15) is 11.1 Å². The summed E-state index contributed by atoms with van der Waals surface area (Å²) in [5, 5.41) is 9.43. The molecule has 102 valence electrons. The number of nitrogens with zero attached hydrogens (tertiary/aromatic N) is 2. The van der Waals surface area contributed by atoms with Gasteiger partial charge in [0.1, 0.15) is 5.75 Å². The normalized spacial score (nSPS) is 9.90. The summed E-state index contributed by atoms with van der Waals surface area (Å²) in [6.07, 6.45) is 0. The van der Waals surface area contributed by atoms with Gasteiger partial charge in [-0.3, -0.25) is 0 Å². The zero-order valence-electron chi connectivity index (χ0n) is 11.4. The van der Waals surface area contributed by atoms with E-state index in [2.05, 4.69) is 6.07 Å². The van der Waals surface area contributed by atoms with Crippen molar-refractivity contribution in [2.45, 2.75) is 6.54 Å². The lowest BCUT2D eigenvalue weighted by Crippen LogP contribution is -2.17. The van der Waals surface area contributed by atoms with E-state index in [4.69, 9.17) is 21.6 Å². The minimum atomic E-state index is 0.560. The maximum absolute atomic E-state index is 8.86. The minimum absolute atomic E-state index is 0.560. The quantitative estimate of drug-likeness (QED) is 0.856. The summed E-state index contributed by atoms with van der Waals surface area (Å²) in [6.45, 7) is 0.676. The molecule has 0 aliphatic carbocycles. The van der Waals surface area contributed by atoms with E-state index in [1.54, 1.807) is 19.2 Å². The SMILES string of the molecule is COc1ccccc1CN(C)c1ccc(C#N)cc1Cl. The molecule has 0 radical (unpaired) electrons. The zero-order chi connectivity index (χ0) is 14.5. The molecule has 0 saturated carbocycles. The number of nitriles is 1. The molecule has 0 saturated heterocycles. The van der Waals surface area contributed by atoms with Crippen LogP contribution in [0.3, 0.4) is 0 Å². The number of para-hydroxylation sites is 1. The molecular weight excluding hydrogens is 272 g/mol. The molecule has 0 amide bonds. The second-order valence-electron chi connectivity index (χ2n) is 4.45. The van der Waals surface area contributed by atoms with Gasteiger partial charge >= 0.3 is 0 Å². The molecule has 2 aromatic carbocycles. The molecule has 0 fully saturated rings. The van der Waals surface area contributed by atoms with Crippen LogP contribution in [-0.2, 0) is 6.54 Å². The first-order valence-electron chi connectivity index (χ1n) is 6.18. The molecule has 2 rings (SSSR count). The fourth-order valence-electron chi connectivity index (χ4n) is 2.06. The Labute approximate surface area is 124 Å². The molecule has 0 bridgehead atoms. The van der Waals surface area contributed by atoms with Crippen LogP contribution >= 0.6 is 11.6 Å². The summed E-state index contributed by atoms with van der Waals surface area (Å²) in [7, 11) is 3.62. The van der Waals surface area contributed by atoms with Crippen molar-refractivity contribution >= 4 is 17.3 Å². The Morgan fingerprint density at radius 3 is 2.65 bits per heavy atom. The zero-order valence-corrected chi connectivity index (χ0v) is 12.2. The van der Waals surface area contributed by atoms with Crippen molar-refractivity contribution in [1.82, 2.24) is 0 Å². The lowest BCUT2D eigenvalue weighted by Gasteiger charge is -2.22. The number of hydrogen-bond donors (Lipinski definition) is 0. The highest BCUT2D eigenvalue weighted by molar-refractivity contribution is 6.33. The highest BCUT2D eigenvalue weighted by Crippen LogP contribution is 2.28. The van der Waals surface area contributed by atoms with Crippen molar-refractivity contribution in [3.8, 4) is 11.8 Å². The van der Waals surface area contributed by atoms with Gasteiger partial charge in [0.15, 0.2) is 0 Å². The Balaban J connectivity index is 2.24. The maximum Gasteiger partial charge on any atom is 0.123 e. The summed E-state index contributed by atoms with van der Waals surface area (Å²) >= 11 is 6.22. The van der Waals surface area contributed by atoms with E-state index in [1.807, 2.05) is 42.3 Å². The summed E-state index contributed by atoms with van der Waals surface area (Å²) in [5.41, 5.74) is 2.53. The van der Waals surface area contributed by atoms with Crippen molar-refractivity contribution < 1.29 is 4.74 Å². The van der Waals surface area contributed by atoms with Gasteiger partial charge < -0.3 is 9.64 Å². The molecule has 0 heterocycles. The van der Waals surface area contributed by atoms with Crippen LogP contribution in [0.4, 0.5) is 5.69 Å². The Kier molecular flexibility index (Phi) is 4.49. The molecule has 0 spiro atoms. The van der Waals surface area contributed by atoms with Gasteiger partial charge in [-0.15, -0.1) is 0 Å². The Morgan fingerprint density at radius 2 is 2.00 bits per heavy atom. The van der Waals surface area contributed by atoms with Crippen LogP contribution in [0, 0.1) is 11.3 Å². The molecule has 20 heavy (non-hydrogen) atoms. The first-order valence-corrected chi connectivity index (χ1v) is 6.56. The first-order chi connectivity index (χ1) is 9.65. The molecule has 0 N–H and O–H groups in total. The van der Waals surface area contributed by atoms with Gasteiger partial charge in [-0.25, -0.2) is 0 Å². The van der Waals surface area contributed by atoms with Gasteiger partial charge in [-0.05, 0) is 24.3 Å². The number of halogens is 1. The largest absolute Gasteiger partial charge is 0.496 e. The molecule has 0 atom stereocenters. The standard InChI is InChI=1S/C16H15ClN2O/c1-19(11-13-5-3-4-6-16(13)20-2)15-8-7-12(10-18)9-14(15)17/h3-9H,11H2,1-2H3. The van der Waals surface area contributed by atoms with Crippen LogP contribution in [0.2, 0.25) is 5.02 Å². The summed E-state index contributed by atoms with van der Waals surface area (Å²) in [5.74, 6) is 0.851. The number of hydrogen-bond acceptors (Lipinski definition) is 3. The average molecular weight is 287 g/mol. The highest BCUT2D eigenvalue weighted by atomic mass is 35.5. The first kappa shape index (κ1) is 14.2. The van der Waals surface area contributed by atoms with Crippen molar-refractivity contribution in [1.29, 1.82) is 5.26 Å². The Bertz CT molecular complexity index is 649. The van der Waals surface area contributed by atoms with Crippen molar-refractivity contribution in [3.05, 3.63) is 58.6 Å². The topological polar surface area (TPSA) is 36.3 Å². The summed E-state index contributed by atoms with van der Waals surface area (Å²) in [4.78, 5) is 2.03. The molecule has 0 aliphatic heterocycles. The lowest BCUT2D eigenvalue weighted by molar-refractivity contribution is 0.409. The smallest absolute Gasteiger partial charge is 0.123 e. The predicted octanol–water partition coefficient (Wildman–Crippen LogP) is 3.86. The van der Waals surface area contributed by atoms with Gasteiger partial charge in [-0.1, -0.05) is 29.8 Å². The molecule has 0 aliphatic rings. The maximum atomic E-state index is 8.86. The Hall–Kier alpha value is -2.18. The number of anilines is 1. The van der Waals surface area contributed by atoms with Gasteiger partial charge in [0, 0.05) is 19.2 Å². The fraction of sp³-hybridized carbons (Fsp3) is 0.188. The molecule has 2 aromatic rings. The van der Waals surface area contributed by atoms with Crippen LogP contribution in [0.5, 0.6) is 5.75 Å². The predicted molar refractivity (Wildman–Crippen MR) is 81.3 cm³/mol. The van der Waals surface area contributed by atoms with E-state index < -0.39 is 0 Å². The van der Waals surface area contributed by atoms with E-state index in [9.17, 15) is 0 Å². The third-order valence-corrected chi connectivity index (χ3v) is 3.39. The Morgan fingerprint density at radius 1 is 1.25 bits per heavy atom. The van der Waals surface area contributed by atoms with Gasteiger partial charge in [0.05, 0.1) is 29.5 Å². The monoisotopic (exact) mass is 286 g/mol. The van der Waals surface area contributed by atoms with E-state index in [0.717, 1.165) is 17.0 Å². The second kappa shape index (κ2) is 6.31. The number of rotatable bonds is 4. The molecule has 0 unspecified atom stereocenters. The van der Waals surface area contributed by atoms with Crippen LogP contribution < -0.4 is 9.64 Å². The van der Waals surface area contributed by atoms with E-state index >= 15 is 0 Å². The van der Waals surface area contributed by atoms with Gasteiger partial charge in [0.2, 0.25) is 0 Å². The van der Waals surface area contributed by atoms with Crippen molar-refractivity contribution in [2.24, 2.45) is 0 Å². The van der Waals surface area contributed by atoms with E-state index in [-0.39, 0.29) is 0 Å². The van der Waals surface area contributed by atoms with Crippen molar-refractivity contribution in [3.63, 3.8) is 0 Å². The third kappa shape index (κ3) is 3.04. The number of methoxy groups -OCH3 is 1. The number of ether oxygens (including phenoxy) is 1. The highest BCUT2D eigenvalue weighted by Gasteiger charge is 2.10. The third-order valence-electron chi connectivity index (χ3n) is 3.09. The lowest BCUT2D eigenvalue weighted by atomic mass is 10.1. The molecular formula is C16H15ClN2O. The molecule has 3 nitrogen and oxygen atoms in total. The molecule has 0 aromatic heterocycles. The van der Waals surface area contributed by atoms with Crippen molar-refractivity contribution in [2.75, 3.05) is 19.1 Å². The second-order valence-corrected chi connectivity index (χ2v) is 4.85. The fourth-order valence-corrected chi connectivity index (χ4v) is 2.39. The van der Waals surface area contributed by atoms with Gasteiger partial charge in [-0.2, -0.15) is 5.26 Å². The van der Waals surface area contributed by atoms with E-state index in [1.165, 1.54) is 0 Å². The number of benzene rings is 2. The van der Waals surface area contributed by atoms with Crippen LogP contribution in [0.25, 0.3) is 0 Å². The minimum Gasteiger partial charge on any atom is -0.496 e. The summed E-state index contributed by atoms with van der Waals surface area (Å²) < 4.78 is 5.35.